The molecule has 0 saturated heterocycles. The fourth-order valence-electron chi connectivity index (χ4n) is 2.21. The van der Waals surface area contributed by atoms with Crippen LogP contribution in [0.5, 0.6) is 5.75 Å². The molecule has 0 fully saturated rings. The summed E-state index contributed by atoms with van der Waals surface area (Å²) in [5, 5.41) is 0. The number of imidazole rings is 1. The van der Waals surface area contributed by atoms with Gasteiger partial charge in [-0.05, 0) is 31.5 Å². The van der Waals surface area contributed by atoms with E-state index in [9.17, 15) is 4.39 Å². The summed E-state index contributed by atoms with van der Waals surface area (Å²) in [7, 11) is 1.44. The number of hydrogen-bond donors (Lipinski definition) is 1. The first-order chi connectivity index (χ1) is 9.58. The molecule has 1 aromatic heterocycles. The number of nitrogens with zero attached hydrogens (tertiary/aromatic N) is 2. The molecule has 2 aromatic rings. The number of aromatic nitrogens is 2. The lowest BCUT2D eigenvalue weighted by molar-refractivity contribution is 0.386. The first kappa shape index (κ1) is 14.4. The number of benzene rings is 1. The smallest absolute Gasteiger partial charge is 0.165 e. The Hall–Kier alpha value is -2.04. The summed E-state index contributed by atoms with van der Waals surface area (Å²) in [4.78, 5) is 4.46. The Kier molecular flexibility index (Phi) is 4.27. The summed E-state index contributed by atoms with van der Waals surface area (Å²) in [6.07, 6.45) is 2.13. The largest absolute Gasteiger partial charge is 0.494 e. The Morgan fingerprint density at radius 3 is 2.75 bits per heavy atom. The third kappa shape index (κ3) is 2.61. The second-order valence-corrected chi connectivity index (χ2v) is 4.75. The van der Waals surface area contributed by atoms with Crippen LogP contribution in [0.3, 0.4) is 0 Å². The summed E-state index contributed by atoms with van der Waals surface area (Å²) in [6, 6.07) is 4.76. The molecule has 0 spiro atoms. The SMILES string of the molecule is CCCCn1c(C)nc(-c2ccc(OC)c(F)c2)c1N. The quantitative estimate of drug-likeness (QED) is 0.911. The van der Waals surface area contributed by atoms with Crippen molar-refractivity contribution < 1.29 is 9.13 Å². The van der Waals surface area contributed by atoms with Crippen molar-refractivity contribution >= 4 is 5.82 Å². The molecule has 0 aliphatic heterocycles. The zero-order chi connectivity index (χ0) is 14.7. The zero-order valence-corrected chi connectivity index (χ0v) is 12.1. The normalized spacial score (nSPS) is 10.8. The fraction of sp³-hybridized carbons (Fsp3) is 0.400. The van der Waals surface area contributed by atoms with Crippen molar-refractivity contribution in [2.24, 2.45) is 0 Å². The molecule has 0 saturated carbocycles. The third-order valence-corrected chi connectivity index (χ3v) is 3.36. The van der Waals surface area contributed by atoms with E-state index in [1.807, 2.05) is 11.5 Å². The molecule has 1 aromatic carbocycles. The van der Waals surface area contributed by atoms with Gasteiger partial charge in [0.05, 0.1) is 7.11 Å². The van der Waals surface area contributed by atoms with Gasteiger partial charge < -0.3 is 15.0 Å². The molecular weight excluding hydrogens is 257 g/mol. The van der Waals surface area contributed by atoms with Gasteiger partial charge in [0.25, 0.3) is 0 Å². The van der Waals surface area contributed by atoms with Crippen LogP contribution in [0.25, 0.3) is 11.3 Å². The summed E-state index contributed by atoms with van der Waals surface area (Å²) < 4.78 is 20.7. The lowest BCUT2D eigenvalue weighted by Crippen LogP contribution is -2.05. The van der Waals surface area contributed by atoms with Crippen molar-refractivity contribution in [3.8, 4) is 17.0 Å². The monoisotopic (exact) mass is 277 g/mol. The zero-order valence-electron chi connectivity index (χ0n) is 12.1. The number of unbranched alkanes of at least 4 members (excludes halogenated alkanes) is 1. The number of hydrogen-bond acceptors (Lipinski definition) is 3. The highest BCUT2D eigenvalue weighted by Gasteiger charge is 2.15. The first-order valence-electron chi connectivity index (χ1n) is 6.75. The van der Waals surface area contributed by atoms with E-state index in [1.165, 1.54) is 13.2 Å². The molecule has 0 atom stereocenters. The number of anilines is 1. The Balaban J connectivity index is 2.40. The number of aryl methyl sites for hydroxylation is 1. The average molecular weight is 277 g/mol. The van der Waals surface area contributed by atoms with E-state index in [4.69, 9.17) is 10.5 Å². The minimum Gasteiger partial charge on any atom is -0.494 e. The maximum absolute atomic E-state index is 13.8. The second kappa shape index (κ2) is 5.94. The number of halogens is 1. The van der Waals surface area contributed by atoms with Crippen LogP contribution < -0.4 is 10.5 Å². The van der Waals surface area contributed by atoms with Gasteiger partial charge in [-0.3, -0.25) is 0 Å². The number of nitrogen functional groups attached to an aromatic ring is 1. The third-order valence-electron chi connectivity index (χ3n) is 3.36. The minimum atomic E-state index is -0.412. The van der Waals surface area contributed by atoms with E-state index < -0.39 is 5.82 Å². The van der Waals surface area contributed by atoms with Gasteiger partial charge in [0.2, 0.25) is 0 Å². The second-order valence-electron chi connectivity index (χ2n) is 4.75. The molecule has 0 aliphatic rings. The van der Waals surface area contributed by atoms with Gasteiger partial charge in [0, 0.05) is 12.1 Å². The summed E-state index contributed by atoms with van der Waals surface area (Å²) >= 11 is 0. The van der Waals surface area contributed by atoms with E-state index in [-0.39, 0.29) is 5.75 Å². The first-order valence-corrected chi connectivity index (χ1v) is 6.75. The highest BCUT2D eigenvalue weighted by Crippen LogP contribution is 2.29. The van der Waals surface area contributed by atoms with Crippen molar-refractivity contribution in [3.05, 3.63) is 29.8 Å². The molecule has 1 heterocycles. The number of methoxy groups -OCH3 is 1. The van der Waals surface area contributed by atoms with Crippen LogP contribution in [-0.4, -0.2) is 16.7 Å². The molecule has 0 bridgehead atoms. The standard InChI is InChI=1S/C15H20FN3O/c1-4-5-8-19-10(2)18-14(15(19)17)11-6-7-13(20-3)12(16)9-11/h6-7,9H,4-5,8,17H2,1-3H3. The van der Waals surface area contributed by atoms with Crippen molar-refractivity contribution in [2.45, 2.75) is 33.2 Å². The molecule has 20 heavy (non-hydrogen) atoms. The van der Waals surface area contributed by atoms with E-state index in [2.05, 4.69) is 11.9 Å². The van der Waals surface area contributed by atoms with Gasteiger partial charge in [-0.15, -0.1) is 0 Å². The van der Waals surface area contributed by atoms with Crippen LogP contribution in [0.2, 0.25) is 0 Å². The Bertz CT molecular complexity index is 607. The van der Waals surface area contributed by atoms with Gasteiger partial charge >= 0.3 is 0 Å². The van der Waals surface area contributed by atoms with Crippen molar-refractivity contribution in [1.29, 1.82) is 0 Å². The summed E-state index contributed by atoms with van der Waals surface area (Å²) in [5.74, 6) is 1.24. The molecular formula is C15H20FN3O. The minimum absolute atomic E-state index is 0.217. The Morgan fingerprint density at radius 2 is 2.15 bits per heavy atom. The van der Waals surface area contributed by atoms with E-state index in [1.54, 1.807) is 12.1 Å². The molecule has 0 unspecified atom stereocenters. The predicted molar refractivity (Wildman–Crippen MR) is 78.2 cm³/mol. The Morgan fingerprint density at radius 1 is 1.40 bits per heavy atom. The average Bonchev–Trinajstić information content (AvgIpc) is 2.72. The summed E-state index contributed by atoms with van der Waals surface area (Å²) in [6.45, 7) is 4.87. The molecule has 0 amide bonds. The van der Waals surface area contributed by atoms with Gasteiger partial charge in [-0.1, -0.05) is 13.3 Å². The van der Waals surface area contributed by atoms with Crippen LogP contribution in [0, 0.1) is 12.7 Å². The highest BCUT2D eigenvalue weighted by molar-refractivity contribution is 5.71. The lowest BCUT2D eigenvalue weighted by Gasteiger charge is -2.07. The predicted octanol–water partition coefficient (Wildman–Crippen LogP) is 3.39. The van der Waals surface area contributed by atoms with Gasteiger partial charge in [0.1, 0.15) is 17.3 Å². The van der Waals surface area contributed by atoms with Crippen LogP contribution in [0.15, 0.2) is 18.2 Å². The lowest BCUT2D eigenvalue weighted by atomic mass is 10.1. The van der Waals surface area contributed by atoms with Crippen molar-refractivity contribution in [1.82, 2.24) is 9.55 Å². The molecule has 2 N–H and O–H groups in total. The van der Waals surface area contributed by atoms with Gasteiger partial charge in [-0.25, -0.2) is 9.37 Å². The molecule has 0 radical (unpaired) electrons. The maximum Gasteiger partial charge on any atom is 0.165 e. The van der Waals surface area contributed by atoms with Crippen molar-refractivity contribution in [3.63, 3.8) is 0 Å². The van der Waals surface area contributed by atoms with Crippen LogP contribution in [0.1, 0.15) is 25.6 Å². The molecule has 5 heteroatoms. The van der Waals surface area contributed by atoms with Crippen LogP contribution in [-0.2, 0) is 6.54 Å². The van der Waals surface area contributed by atoms with E-state index >= 15 is 0 Å². The Labute approximate surface area is 118 Å². The van der Waals surface area contributed by atoms with Crippen LogP contribution in [0.4, 0.5) is 10.2 Å². The van der Waals surface area contributed by atoms with E-state index in [0.717, 1.165) is 25.2 Å². The van der Waals surface area contributed by atoms with Crippen LogP contribution >= 0.6 is 0 Å². The van der Waals surface area contributed by atoms with Gasteiger partial charge in [-0.2, -0.15) is 0 Å². The molecule has 4 nitrogen and oxygen atoms in total. The highest BCUT2D eigenvalue weighted by atomic mass is 19.1. The van der Waals surface area contributed by atoms with E-state index in [0.29, 0.717) is 17.1 Å². The molecule has 2 rings (SSSR count). The fourth-order valence-corrected chi connectivity index (χ4v) is 2.21. The van der Waals surface area contributed by atoms with Gasteiger partial charge in [0.15, 0.2) is 11.6 Å². The molecule has 0 aliphatic carbocycles. The van der Waals surface area contributed by atoms with Crippen molar-refractivity contribution in [2.75, 3.05) is 12.8 Å². The topological polar surface area (TPSA) is 53.1 Å². The molecule has 108 valence electrons. The summed E-state index contributed by atoms with van der Waals surface area (Å²) in [5.41, 5.74) is 7.44. The maximum atomic E-state index is 13.8. The number of nitrogens with two attached hydrogens (primary N) is 1. The number of rotatable bonds is 5. The number of ether oxygens (including phenoxy) is 1.